The first-order chi connectivity index (χ1) is 18.3. The lowest BCUT2D eigenvalue weighted by atomic mass is 10.0. The summed E-state index contributed by atoms with van der Waals surface area (Å²) in [5.41, 5.74) is 6.05. The number of carbonyl (C=O) groups excluding carboxylic acids is 1. The average Bonchev–Trinajstić information content (AvgIpc) is 3.33. The summed E-state index contributed by atoms with van der Waals surface area (Å²) in [5.74, 6) is 0.555. The van der Waals surface area contributed by atoms with Gasteiger partial charge in [0.05, 0.1) is 18.4 Å². The fourth-order valence-electron chi connectivity index (χ4n) is 4.61. The topological polar surface area (TPSA) is 67.0 Å². The zero-order valence-corrected chi connectivity index (χ0v) is 20.1. The van der Waals surface area contributed by atoms with Crippen molar-refractivity contribution >= 4 is 39.0 Å². The molecule has 179 valence electrons. The standard InChI is InChI=1S/C32H24N3O2/c36-32(23-9-7-18-33-21-23)28-13-2-4-16-30(28)34-24-10-6-11-25(20-24)37-19-17-22-8-5-14-27-26-12-1-3-15-29(26)35-31(22)27/h1-16,18,21,34-35H,17,19H2. The summed E-state index contributed by atoms with van der Waals surface area (Å²) < 4.78 is 6.07. The van der Waals surface area contributed by atoms with Crippen LogP contribution in [0, 0.1) is 6.07 Å². The Balaban J connectivity index is 1.17. The molecule has 0 spiro atoms. The molecule has 0 aliphatic carbocycles. The van der Waals surface area contributed by atoms with Crippen molar-refractivity contribution in [3.63, 3.8) is 0 Å². The highest BCUT2D eigenvalue weighted by Crippen LogP contribution is 2.28. The highest BCUT2D eigenvalue weighted by Gasteiger charge is 2.14. The lowest BCUT2D eigenvalue weighted by molar-refractivity contribution is 0.103. The second-order valence-electron chi connectivity index (χ2n) is 8.78. The van der Waals surface area contributed by atoms with E-state index in [1.807, 2.05) is 48.5 Å². The number of para-hydroxylation sites is 3. The van der Waals surface area contributed by atoms with Gasteiger partial charge in [-0.1, -0.05) is 54.6 Å². The Labute approximate surface area is 214 Å². The van der Waals surface area contributed by atoms with Crippen LogP contribution in [0.15, 0.2) is 109 Å². The van der Waals surface area contributed by atoms with Gasteiger partial charge in [-0.15, -0.1) is 0 Å². The van der Waals surface area contributed by atoms with Crippen LogP contribution in [0.4, 0.5) is 11.4 Å². The first-order valence-electron chi connectivity index (χ1n) is 12.2. The van der Waals surface area contributed by atoms with E-state index in [-0.39, 0.29) is 5.78 Å². The van der Waals surface area contributed by atoms with E-state index in [9.17, 15) is 4.79 Å². The van der Waals surface area contributed by atoms with Crippen molar-refractivity contribution < 1.29 is 9.53 Å². The molecule has 5 nitrogen and oxygen atoms in total. The van der Waals surface area contributed by atoms with Crippen molar-refractivity contribution in [3.05, 3.63) is 132 Å². The molecule has 0 aliphatic heterocycles. The SMILES string of the molecule is O=C(c1cccnc1)c1ccccc1Nc1[c]c(OCCc2cccc3c2[nH]c2ccccc23)ccc1. The summed E-state index contributed by atoms with van der Waals surface area (Å²) in [6, 6.07) is 34.7. The number of pyridine rings is 1. The number of nitrogens with one attached hydrogen (secondary N) is 2. The summed E-state index contributed by atoms with van der Waals surface area (Å²) in [5, 5.41) is 5.79. The molecule has 1 radical (unpaired) electrons. The van der Waals surface area contributed by atoms with Gasteiger partial charge in [0.25, 0.3) is 0 Å². The molecule has 0 unspecified atom stereocenters. The van der Waals surface area contributed by atoms with Crippen LogP contribution in [-0.4, -0.2) is 22.4 Å². The van der Waals surface area contributed by atoms with E-state index in [4.69, 9.17) is 4.74 Å². The molecule has 5 heteroatoms. The van der Waals surface area contributed by atoms with Crippen LogP contribution >= 0.6 is 0 Å². The number of ketones is 1. The normalized spacial score (nSPS) is 11.0. The first kappa shape index (κ1) is 22.6. The molecule has 0 saturated heterocycles. The maximum atomic E-state index is 13.0. The minimum absolute atomic E-state index is 0.0882. The van der Waals surface area contributed by atoms with E-state index in [0.717, 1.165) is 23.1 Å². The molecular weight excluding hydrogens is 458 g/mol. The minimum atomic E-state index is -0.0882. The van der Waals surface area contributed by atoms with E-state index in [1.165, 1.54) is 16.3 Å². The van der Waals surface area contributed by atoms with E-state index in [2.05, 4.69) is 57.7 Å². The third-order valence-electron chi connectivity index (χ3n) is 6.39. The maximum absolute atomic E-state index is 13.0. The lowest BCUT2D eigenvalue weighted by Crippen LogP contribution is -2.06. The molecule has 2 heterocycles. The molecule has 2 N–H and O–H groups in total. The Bertz CT molecular complexity index is 1710. The second-order valence-corrected chi connectivity index (χ2v) is 8.78. The molecule has 4 aromatic carbocycles. The molecule has 6 rings (SSSR count). The molecule has 0 amide bonds. The number of H-pyrrole nitrogens is 1. The number of nitrogens with zero attached hydrogens (tertiary/aromatic N) is 1. The fraction of sp³-hybridized carbons (Fsp3) is 0.0625. The molecule has 2 aromatic heterocycles. The quantitative estimate of drug-likeness (QED) is 0.227. The number of rotatable bonds is 8. The minimum Gasteiger partial charge on any atom is -0.493 e. The number of hydrogen-bond acceptors (Lipinski definition) is 4. The Morgan fingerprint density at radius 3 is 2.62 bits per heavy atom. The Hall–Kier alpha value is -4.90. The van der Waals surface area contributed by atoms with Crippen LogP contribution in [0.2, 0.25) is 0 Å². The number of aromatic amines is 1. The fourth-order valence-corrected chi connectivity index (χ4v) is 4.61. The Morgan fingerprint density at radius 1 is 0.865 bits per heavy atom. The third-order valence-corrected chi connectivity index (χ3v) is 6.39. The number of benzene rings is 4. The average molecular weight is 483 g/mol. The predicted octanol–water partition coefficient (Wildman–Crippen LogP) is 7.11. The summed E-state index contributed by atoms with van der Waals surface area (Å²) in [6.45, 7) is 0.518. The predicted molar refractivity (Wildman–Crippen MR) is 148 cm³/mol. The van der Waals surface area contributed by atoms with Gasteiger partial charge in [-0.2, -0.15) is 0 Å². The third kappa shape index (κ3) is 4.67. The summed E-state index contributed by atoms with van der Waals surface area (Å²) in [7, 11) is 0. The van der Waals surface area contributed by atoms with Crippen LogP contribution in [0.1, 0.15) is 21.5 Å². The lowest BCUT2D eigenvalue weighted by Gasteiger charge is -2.13. The van der Waals surface area contributed by atoms with Gasteiger partial charge >= 0.3 is 0 Å². The number of fused-ring (bicyclic) bond motifs is 3. The Kier molecular flexibility index (Phi) is 6.09. The molecule has 0 atom stereocenters. The number of anilines is 2. The van der Waals surface area contributed by atoms with E-state index in [0.29, 0.717) is 29.2 Å². The second kappa shape index (κ2) is 9.99. The molecule has 0 aliphatic rings. The van der Waals surface area contributed by atoms with E-state index >= 15 is 0 Å². The van der Waals surface area contributed by atoms with Crippen LogP contribution in [0.5, 0.6) is 5.75 Å². The zero-order chi connectivity index (χ0) is 25.0. The highest BCUT2D eigenvalue weighted by atomic mass is 16.5. The largest absolute Gasteiger partial charge is 0.493 e. The van der Waals surface area contributed by atoms with Gasteiger partial charge in [0.2, 0.25) is 0 Å². The van der Waals surface area contributed by atoms with Crippen LogP contribution in [0.3, 0.4) is 0 Å². The molecule has 0 fully saturated rings. The summed E-state index contributed by atoms with van der Waals surface area (Å²) in [4.78, 5) is 20.7. The monoisotopic (exact) mass is 482 g/mol. The van der Waals surface area contributed by atoms with E-state index in [1.54, 1.807) is 24.5 Å². The van der Waals surface area contributed by atoms with Crippen molar-refractivity contribution in [3.8, 4) is 5.75 Å². The van der Waals surface area contributed by atoms with Crippen LogP contribution in [-0.2, 0) is 6.42 Å². The summed E-state index contributed by atoms with van der Waals surface area (Å²) >= 11 is 0. The number of carbonyl (C=O) groups is 1. The number of ether oxygens (including phenoxy) is 1. The molecule has 6 aromatic rings. The van der Waals surface area contributed by atoms with Gasteiger partial charge in [-0.05, 0) is 48.0 Å². The molecule has 0 saturated carbocycles. The van der Waals surface area contributed by atoms with Crippen molar-refractivity contribution in [2.24, 2.45) is 0 Å². The van der Waals surface area contributed by atoms with Gasteiger partial charge < -0.3 is 15.0 Å². The van der Waals surface area contributed by atoms with Crippen molar-refractivity contribution in [1.29, 1.82) is 0 Å². The number of aromatic nitrogens is 2. The maximum Gasteiger partial charge on any atom is 0.196 e. The van der Waals surface area contributed by atoms with Crippen molar-refractivity contribution in [2.45, 2.75) is 6.42 Å². The van der Waals surface area contributed by atoms with Crippen molar-refractivity contribution in [2.75, 3.05) is 11.9 Å². The first-order valence-corrected chi connectivity index (χ1v) is 12.2. The van der Waals surface area contributed by atoms with Gasteiger partial charge in [-0.25, -0.2) is 0 Å². The molecule has 0 bridgehead atoms. The van der Waals surface area contributed by atoms with Crippen LogP contribution < -0.4 is 10.1 Å². The molecule has 37 heavy (non-hydrogen) atoms. The molecular formula is C32H24N3O2. The van der Waals surface area contributed by atoms with Crippen molar-refractivity contribution in [1.82, 2.24) is 9.97 Å². The van der Waals surface area contributed by atoms with Crippen LogP contribution in [0.25, 0.3) is 21.8 Å². The summed E-state index contributed by atoms with van der Waals surface area (Å²) in [6.07, 6.45) is 4.00. The Morgan fingerprint density at radius 2 is 1.70 bits per heavy atom. The van der Waals surface area contributed by atoms with E-state index < -0.39 is 0 Å². The van der Waals surface area contributed by atoms with Gasteiger partial charge in [0, 0.05) is 57.4 Å². The van der Waals surface area contributed by atoms with Gasteiger partial charge in [0.1, 0.15) is 5.75 Å². The highest BCUT2D eigenvalue weighted by molar-refractivity contribution is 6.12. The van der Waals surface area contributed by atoms with Gasteiger partial charge in [-0.3, -0.25) is 9.78 Å². The van der Waals surface area contributed by atoms with Gasteiger partial charge in [0.15, 0.2) is 5.78 Å². The smallest absolute Gasteiger partial charge is 0.196 e. The zero-order valence-electron chi connectivity index (χ0n) is 20.1. The number of hydrogen-bond donors (Lipinski definition) is 2.